The van der Waals surface area contributed by atoms with Crippen LogP contribution in [0, 0.1) is 20.4 Å². The first-order chi connectivity index (χ1) is 11.2. The first-order valence-electron chi connectivity index (χ1n) is 7.30. The van der Waals surface area contributed by atoms with Gasteiger partial charge in [-0.15, -0.1) is 0 Å². The molecule has 0 atom stereocenters. The van der Waals surface area contributed by atoms with Crippen LogP contribution < -0.4 is 10.6 Å². The monoisotopic (exact) mass is 306 g/mol. The molecule has 2 heterocycles. The lowest BCUT2D eigenvalue weighted by molar-refractivity contribution is 0.832. The molecule has 2 N–H and O–H groups in total. The van der Waals surface area contributed by atoms with Crippen LogP contribution in [0.3, 0.4) is 0 Å². The first-order valence-corrected chi connectivity index (χ1v) is 7.30. The van der Waals surface area contributed by atoms with Gasteiger partial charge in [-0.25, -0.2) is 4.98 Å². The van der Waals surface area contributed by atoms with Crippen molar-refractivity contribution in [3.05, 3.63) is 73.5 Å². The molecule has 0 aliphatic rings. The van der Waals surface area contributed by atoms with E-state index in [4.69, 9.17) is 0 Å². The molecule has 3 aromatic rings. The summed E-state index contributed by atoms with van der Waals surface area (Å²) in [6, 6.07) is 10.2. The molecular formula is C17H18N6. The Bertz CT molecular complexity index is 766. The topological polar surface area (TPSA) is 67.7 Å². The normalized spacial score (nSPS) is 10.5. The van der Waals surface area contributed by atoms with Gasteiger partial charge in [-0.3, -0.25) is 4.68 Å². The predicted molar refractivity (Wildman–Crippen MR) is 91.1 cm³/mol. The van der Waals surface area contributed by atoms with E-state index in [0.29, 0.717) is 12.5 Å². The lowest BCUT2D eigenvalue weighted by Gasteiger charge is -2.10. The lowest BCUT2D eigenvalue weighted by Crippen LogP contribution is -2.06. The molecule has 3 rings (SSSR count). The van der Waals surface area contributed by atoms with Gasteiger partial charge < -0.3 is 10.6 Å². The molecule has 0 saturated carbocycles. The maximum atomic E-state index is 4.52. The Balaban J connectivity index is 1.71. The van der Waals surface area contributed by atoms with Crippen LogP contribution in [0.5, 0.6) is 0 Å². The van der Waals surface area contributed by atoms with Crippen molar-refractivity contribution < 1.29 is 0 Å². The summed E-state index contributed by atoms with van der Waals surface area (Å²) in [6.07, 6.45) is 5.30. The summed E-state index contributed by atoms with van der Waals surface area (Å²) in [5, 5.41) is 10.6. The molecular weight excluding hydrogens is 288 g/mol. The second-order valence-corrected chi connectivity index (χ2v) is 5.08. The number of hydrogen-bond donors (Lipinski definition) is 2. The van der Waals surface area contributed by atoms with Crippen molar-refractivity contribution >= 4 is 17.5 Å². The fourth-order valence-electron chi connectivity index (χ4n) is 2.09. The molecule has 0 saturated heterocycles. The van der Waals surface area contributed by atoms with E-state index in [2.05, 4.69) is 44.8 Å². The molecule has 0 amide bonds. The number of rotatable bonds is 6. The van der Waals surface area contributed by atoms with Crippen LogP contribution in [0.4, 0.5) is 17.5 Å². The molecule has 0 bridgehead atoms. The van der Waals surface area contributed by atoms with Crippen molar-refractivity contribution in [3.8, 4) is 0 Å². The fraction of sp³-hybridized carbons (Fsp3) is 0.118. The predicted octanol–water partition coefficient (Wildman–Crippen LogP) is 3.18. The van der Waals surface area contributed by atoms with Crippen LogP contribution in [0.2, 0.25) is 0 Å². The van der Waals surface area contributed by atoms with Gasteiger partial charge in [-0.2, -0.15) is 10.1 Å². The van der Waals surface area contributed by atoms with E-state index in [0.717, 1.165) is 17.1 Å². The number of benzene rings is 1. The van der Waals surface area contributed by atoms with Crippen LogP contribution in [0.25, 0.3) is 0 Å². The Kier molecular flexibility index (Phi) is 4.52. The van der Waals surface area contributed by atoms with Crippen molar-refractivity contribution in [3.63, 3.8) is 0 Å². The maximum absolute atomic E-state index is 4.52. The summed E-state index contributed by atoms with van der Waals surface area (Å²) < 4.78 is 1.62. The van der Waals surface area contributed by atoms with Gasteiger partial charge in [-0.1, -0.05) is 30.3 Å². The highest BCUT2D eigenvalue weighted by molar-refractivity contribution is 5.54. The molecule has 6 heteroatoms. The summed E-state index contributed by atoms with van der Waals surface area (Å²) in [5.74, 6) is 1.33. The van der Waals surface area contributed by atoms with E-state index in [-0.39, 0.29) is 0 Å². The molecule has 23 heavy (non-hydrogen) atoms. The number of aryl methyl sites for hydroxylation is 1. The maximum Gasteiger partial charge on any atom is 0.229 e. The highest BCUT2D eigenvalue weighted by Crippen LogP contribution is 2.17. The van der Waals surface area contributed by atoms with Crippen LogP contribution in [-0.4, -0.2) is 19.7 Å². The number of hydrogen-bond acceptors (Lipinski definition) is 5. The zero-order valence-electron chi connectivity index (χ0n) is 12.9. The molecule has 2 radical (unpaired) electrons. The van der Waals surface area contributed by atoms with Gasteiger partial charge in [0.2, 0.25) is 5.95 Å². The summed E-state index contributed by atoms with van der Waals surface area (Å²) in [6.45, 7) is 7.97. The zero-order valence-corrected chi connectivity index (χ0v) is 12.9. The van der Waals surface area contributed by atoms with Gasteiger partial charge in [0, 0.05) is 24.5 Å². The molecule has 2 aromatic heterocycles. The summed E-state index contributed by atoms with van der Waals surface area (Å²) in [5.41, 5.74) is 3.00. The van der Waals surface area contributed by atoms with E-state index in [1.807, 2.05) is 31.3 Å². The largest absolute Gasteiger partial charge is 0.366 e. The third kappa shape index (κ3) is 3.85. The minimum Gasteiger partial charge on any atom is -0.366 e. The standard InChI is InChI=1S/C17H18N6/c1-3-23-12-15(11-20-23)21-17-19-9-13(2)16(22-17)18-10-14-7-5-4-6-8-14/h3-9,11-12H,1,10H2,2H3,(H2,18,19,21,22). The van der Waals surface area contributed by atoms with E-state index in [9.17, 15) is 0 Å². The summed E-state index contributed by atoms with van der Waals surface area (Å²) >= 11 is 0. The molecule has 0 spiro atoms. The first kappa shape index (κ1) is 15.0. The number of anilines is 3. The highest BCUT2D eigenvalue weighted by Gasteiger charge is 2.05. The molecule has 116 valence electrons. The van der Waals surface area contributed by atoms with Crippen LogP contribution in [-0.2, 0) is 6.54 Å². The minimum absolute atomic E-state index is 0.523. The van der Waals surface area contributed by atoms with Gasteiger partial charge in [0.05, 0.1) is 18.4 Å². The molecule has 0 unspecified atom stereocenters. The third-order valence-electron chi connectivity index (χ3n) is 3.32. The van der Waals surface area contributed by atoms with Crippen LogP contribution in [0.15, 0.2) is 48.9 Å². The fourth-order valence-corrected chi connectivity index (χ4v) is 2.09. The molecule has 0 fully saturated rings. The van der Waals surface area contributed by atoms with Crippen molar-refractivity contribution in [1.82, 2.24) is 19.7 Å². The minimum atomic E-state index is 0.523. The SMILES string of the molecule is [CH2][CH]n1cc(Nc2ncc(C)c(NCc3ccccc3)n2)cn1. The molecule has 0 aliphatic carbocycles. The smallest absolute Gasteiger partial charge is 0.229 e. The molecule has 1 aromatic carbocycles. The van der Waals surface area contributed by atoms with Gasteiger partial charge in [0.25, 0.3) is 0 Å². The van der Waals surface area contributed by atoms with E-state index >= 15 is 0 Å². The van der Waals surface area contributed by atoms with Crippen molar-refractivity contribution in [2.24, 2.45) is 0 Å². The second kappa shape index (κ2) is 6.91. The van der Waals surface area contributed by atoms with Crippen molar-refractivity contribution in [2.45, 2.75) is 13.5 Å². The lowest BCUT2D eigenvalue weighted by atomic mass is 10.2. The van der Waals surface area contributed by atoms with Crippen molar-refractivity contribution in [1.29, 1.82) is 0 Å². The Labute approximate surface area is 135 Å². The highest BCUT2D eigenvalue weighted by atomic mass is 15.3. The van der Waals surface area contributed by atoms with Crippen molar-refractivity contribution in [2.75, 3.05) is 10.6 Å². The van der Waals surface area contributed by atoms with E-state index in [1.54, 1.807) is 23.6 Å². The zero-order chi connectivity index (χ0) is 16.1. The van der Waals surface area contributed by atoms with E-state index in [1.165, 1.54) is 5.56 Å². The number of nitrogens with zero attached hydrogens (tertiary/aromatic N) is 4. The summed E-state index contributed by atoms with van der Waals surface area (Å²) in [7, 11) is 0. The number of aromatic nitrogens is 4. The van der Waals surface area contributed by atoms with E-state index < -0.39 is 0 Å². The average Bonchev–Trinajstić information content (AvgIpc) is 3.04. The third-order valence-corrected chi connectivity index (χ3v) is 3.32. The Morgan fingerprint density at radius 1 is 1.22 bits per heavy atom. The van der Waals surface area contributed by atoms with Gasteiger partial charge in [-0.05, 0) is 19.4 Å². The van der Waals surface area contributed by atoms with Crippen LogP contribution in [0.1, 0.15) is 11.1 Å². The average molecular weight is 306 g/mol. The van der Waals surface area contributed by atoms with Crippen LogP contribution >= 0.6 is 0 Å². The Morgan fingerprint density at radius 2 is 2.04 bits per heavy atom. The Hall–Kier alpha value is -2.89. The quantitative estimate of drug-likeness (QED) is 0.732. The van der Waals surface area contributed by atoms with Gasteiger partial charge in [0.1, 0.15) is 5.82 Å². The second-order valence-electron chi connectivity index (χ2n) is 5.08. The van der Waals surface area contributed by atoms with Gasteiger partial charge in [0.15, 0.2) is 0 Å². The molecule has 0 aliphatic heterocycles. The Morgan fingerprint density at radius 3 is 2.78 bits per heavy atom. The summed E-state index contributed by atoms with van der Waals surface area (Å²) in [4.78, 5) is 8.82. The van der Waals surface area contributed by atoms with Gasteiger partial charge >= 0.3 is 0 Å². The molecule has 6 nitrogen and oxygen atoms in total. The number of nitrogens with one attached hydrogen (secondary N) is 2.